The lowest BCUT2D eigenvalue weighted by Gasteiger charge is -2.18. The van der Waals surface area contributed by atoms with Crippen LogP contribution >= 0.6 is 0 Å². The second kappa shape index (κ2) is 9.33. The zero-order valence-electron chi connectivity index (χ0n) is 22.8. The molecule has 1 aliphatic carbocycles. The Morgan fingerprint density at radius 2 is 1.95 bits per heavy atom. The molecule has 0 unspecified atom stereocenters. The van der Waals surface area contributed by atoms with E-state index in [0.29, 0.717) is 41.3 Å². The van der Waals surface area contributed by atoms with Gasteiger partial charge in [-0.3, -0.25) is 18.9 Å². The maximum Gasteiger partial charge on any atom is 0.274 e. The number of pyridine rings is 2. The number of rotatable bonds is 7. The fraction of sp³-hybridized carbons (Fsp3) is 0.357. The van der Waals surface area contributed by atoms with Gasteiger partial charge < -0.3 is 14.9 Å². The third kappa shape index (κ3) is 4.75. The van der Waals surface area contributed by atoms with E-state index >= 15 is 0 Å². The molecule has 1 amide bonds. The zero-order valence-corrected chi connectivity index (χ0v) is 22.8. The van der Waals surface area contributed by atoms with Gasteiger partial charge in [0.25, 0.3) is 5.91 Å². The van der Waals surface area contributed by atoms with Crippen molar-refractivity contribution in [2.75, 3.05) is 5.32 Å². The molecule has 5 aromatic heterocycles. The summed E-state index contributed by atoms with van der Waals surface area (Å²) in [4.78, 5) is 26.5. The Morgan fingerprint density at radius 1 is 1.18 bits per heavy atom. The lowest BCUT2D eigenvalue weighted by Crippen LogP contribution is -2.27. The number of aliphatic hydroxyl groups is 1. The van der Waals surface area contributed by atoms with E-state index in [1.54, 1.807) is 42.1 Å². The molecule has 0 radical (unpaired) electrons. The third-order valence-electron chi connectivity index (χ3n) is 7.01. The SMILES string of the molecule is Cc1ncc(-c2noc([C@H]3C[C@@H]3F)n2)cc1NC(=O)c1cnc2ccc(-c3c(C)nn(CC(C)(C)O)c3C)cn12. The number of anilines is 1. The molecular formula is C28H29FN8O3. The van der Waals surface area contributed by atoms with Crippen LogP contribution in [-0.2, 0) is 6.54 Å². The first kappa shape index (κ1) is 25.8. The van der Waals surface area contributed by atoms with Crippen molar-refractivity contribution < 1.29 is 18.8 Å². The molecule has 206 valence electrons. The van der Waals surface area contributed by atoms with Crippen LogP contribution in [0.5, 0.6) is 0 Å². The molecule has 12 heteroatoms. The van der Waals surface area contributed by atoms with Gasteiger partial charge in [0.15, 0.2) is 0 Å². The number of carbonyl (C=O) groups excluding carboxylic acids is 1. The molecule has 6 rings (SSSR count). The van der Waals surface area contributed by atoms with Gasteiger partial charge in [-0.1, -0.05) is 5.16 Å². The van der Waals surface area contributed by atoms with Gasteiger partial charge in [-0.05, 0) is 59.2 Å². The summed E-state index contributed by atoms with van der Waals surface area (Å²) >= 11 is 0. The van der Waals surface area contributed by atoms with Gasteiger partial charge in [0.2, 0.25) is 11.7 Å². The van der Waals surface area contributed by atoms with Gasteiger partial charge in [0.1, 0.15) is 17.5 Å². The Kier molecular flexibility index (Phi) is 6.02. The highest BCUT2D eigenvalue weighted by atomic mass is 19.1. The van der Waals surface area contributed by atoms with E-state index in [9.17, 15) is 14.3 Å². The fourth-order valence-electron chi connectivity index (χ4n) is 4.82. The molecule has 0 aliphatic heterocycles. The highest BCUT2D eigenvalue weighted by Gasteiger charge is 2.43. The van der Waals surface area contributed by atoms with Crippen LogP contribution in [0.3, 0.4) is 0 Å². The number of fused-ring (bicyclic) bond motifs is 1. The molecule has 0 bridgehead atoms. The number of hydrogen-bond donors (Lipinski definition) is 2. The summed E-state index contributed by atoms with van der Waals surface area (Å²) in [5, 5.41) is 21.8. The number of carbonyl (C=O) groups is 1. The number of hydrogen-bond acceptors (Lipinski definition) is 8. The number of halogens is 1. The van der Waals surface area contributed by atoms with Crippen molar-refractivity contribution in [1.29, 1.82) is 0 Å². The molecule has 1 saturated carbocycles. The minimum Gasteiger partial charge on any atom is -0.389 e. The minimum absolute atomic E-state index is 0.270. The van der Waals surface area contributed by atoms with Crippen molar-refractivity contribution >= 4 is 17.2 Å². The molecule has 0 aromatic carbocycles. The summed E-state index contributed by atoms with van der Waals surface area (Å²) in [6.07, 6.45) is 4.41. The molecule has 0 saturated heterocycles. The van der Waals surface area contributed by atoms with Crippen LogP contribution in [0.1, 0.15) is 59.6 Å². The maximum atomic E-state index is 13.4. The van der Waals surface area contributed by atoms with Gasteiger partial charge in [-0.2, -0.15) is 10.1 Å². The normalized spacial score (nSPS) is 17.0. The first-order valence-electron chi connectivity index (χ1n) is 13.0. The van der Waals surface area contributed by atoms with Crippen LogP contribution < -0.4 is 5.32 Å². The monoisotopic (exact) mass is 544 g/mol. The highest BCUT2D eigenvalue weighted by molar-refractivity contribution is 6.04. The topological polar surface area (TPSA) is 136 Å². The maximum absolute atomic E-state index is 13.4. The van der Waals surface area contributed by atoms with Crippen molar-refractivity contribution in [2.24, 2.45) is 0 Å². The number of aryl methyl sites for hydroxylation is 2. The molecule has 40 heavy (non-hydrogen) atoms. The zero-order chi connectivity index (χ0) is 28.3. The smallest absolute Gasteiger partial charge is 0.274 e. The summed E-state index contributed by atoms with van der Waals surface area (Å²) < 4.78 is 22.1. The van der Waals surface area contributed by atoms with Crippen LogP contribution in [0.4, 0.5) is 10.1 Å². The van der Waals surface area contributed by atoms with E-state index in [-0.39, 0.29) is 23.5 Å². The lowest BCUT2D eigenvalue weighted by atomic mass is 10.1. The van der Waals surface area contributed by atoms with Crippen LogP contribution in [0.15, 0.2) is 41.3 Å². The van der Waals surface area contributed by atoms with E-state index < -0.39 is 11.8 Å². The van der Waals surface area contributed by atoms with E-state index in [1.165, 1.54) is 6.20 Å². The first-order chi connectivity index (χ1) is 19.0. The van der Waals surface area contributed by atoms with E-state index in [4.69, 9.17) is 4.52 Å². The Labute approximate surface area is 229 Å². The van der Waals surface area contributed by atoms with Gasteiger partial charge in [-0.25, -0.2) is 9.37 Å². The van der Waals surface area contributed by atoms with Gasteiger partial charge in [-0.15, -0.1) is 0 Å². The summed E-state index contributed by atoms with van der Waals surface area (Å²) in [5.74, 6) is -0.161. The predicted octanol–water partition coefficient (Wildman–Crippen LogP) is 4.42. The Morgan fingerprint density at radius 3 is 2.67 bits per heavy atom. The number of imidazole rings is 1. The van der Waals surface area contributed by atoms with Crippen LogP contribution in [0, 0.1) is 20.8 Å². The van der Waals surface area contributed by atoms with Crippen molar-refractivity contribution in [1.82, 2.24) is 34.3 Å². The molecule has 1 aliphatic rings. The molecule has 5 heterocycles. The van der Waals surface area contributed by atoms with Crippen LogP contribution in [-0.4, -0.2) is 57.1 Å². The molecule has 1 fully saturated rings. The molecule has 2 atom stereocenters. The number of aromatic nitrogens is 7. The summed E-state index contributed by atoms with van der Waals surface area (Å²) in [6, 6.07) is 5.51. The molecular weight excluding hydrogens is 515 g/mol. The number of alkyl halides is 1. The van der Waals surface area contributed by atoms with Crippen LogP contribution in [0.2, 0.25) is 0 Å². The standard InChI is InChI=1S/C28H29FN8O3/c1-14-21(8-18(10-30-14)25-33-27(40-35-25)19-9-20(19)29)32-26(38)22-11-31-23-7-6-17(12-36(22)23)24-15(2)34-37(16(24)3)13-28(4,5)39/h6-8,10-12,19-20,39H,9,13H2,1-5H3,(H,32,38)/t19-,20-/m0/s1. The molecule has 2 N–H and O–H groups in total. The molecule has 11 nitrogen and oxygen atoms in total. The van der Waals surface area contributed by atoms with Gasteiger partial charge in [0, 0.05) is 34.8 Å². The summed E-state index contributed by atoms with van der Waals surface area (Å²) in [5.41, 5.74) is 5.20. The Balaban J connectivity index is 1.29. The van der Waals surface area contributed by atoms with Crippen molar-refractivity contribution in [3.8, 4) is 22.5 Å². The summed E-state index contributed by atoms with van der Waals surface area (Å²) in [7, 11) is 0. The quantitative estimate of drug-likeness (QED) is 0.307. The average molecular weight is 545 g/mol. The van der Waals surface area contributed by atoms with Gasteiger partial charge in [0.05, 0.1) is 41.3 Å². The number of nitrogens with one attached hydrogen (secondary N) is 1. The Bertz CT molecular complexity index is 1760. The van der Waals surface area contributed by atoms with E-state index in [1.807, 2.05) is 32.2 Å². The predicted molar refractivity (Wildman–Crippen MR) is 145 cm³/mol. The number of amides is 1. The molecule has 0 spiro atoms. The minimum atomic E-state index is -0.943. The van der Waals surface area contributed by atoms with Gasteiger partial charge >= 0.3 is 0 Å². The first-order valence-corrected chi connectivity index (χ1v) is 13.0. The number of nitrogens with zero attached hydrogens (tertiary/aromatic N) is 7. The lowest BCUT2D eigenvalue weighted by molar-refractivity contribution is 0.0570. The fourth-order valence-corrected chi connectivity index (χ4v) is 4.82. The molecule has 5 aromatic rings. The third-order valence-corrected chi connectivity index (χ3v) is 7.01. The van der Waals surface area contributed by atoms with Crippen molar-refractivity contribution in [3.63, 3.8) is 0 Å². The highest BCUT2D eigenvalue weighted by Crippen LogP contribution is 2.43. The van der Waals surface area contributed by atoms with Crippen molar-refractivity contribution in [2.45, 2.75) is 65.3 Å². The Hall–Kier alpha value is -4.45. The van der Waals surface area contributed by atoms with Crippen molar-refractivity contribution in [3.05, 3.63) is 65.5 Å². The van der Waals surface area contributed by atoms with E-state index in [2.05, 4.69) is 30.5 Å². The van der Waals surface area contributed by atoms with Crippen LogP contribution in [0.25, 0.3) is 28.2 Å². The summed E-state index contributed by atoms with van der Waals surface area (Å²) in [6.45, 7) is 9.51. The largest absolute Gasteiger partial charge is 0.389 e. The van der Waals surface area contributed by atoms with E-state index in [0.717, 1.165) is 22.5 Å². The average Bonchev–Trinajstić information content (AvgIpc) is 3.23. The second-order valence-corrected chi connectivity index (χ2v) is 10.9. The second-order valence-electron chi connectivity index (χ2n) is 10.9.